The molecule has 150 heavy (non-hydrogen) atoms. The average Bonchev–Trinajstić information content (AvgIpc) is 1.28. The summed E-state index contributed by atoms with van der Waals surface area (Å²) in [5, 5.41) is 57.6. The Morgan fingerprint density at radius 2 is 0.700 bits per heavy atom. The van der Waals surface area contributed by atoms with Gasteiger partial charge in [-0.1, -0.05) is 79.3 Å². The highest BCUT2D eigenvalue weighted by molar-refractivity contribution is 9.10. The fourth-order valence-electron chi connectivity index (χ4n) is 17.4. The number of aliphatic carboxylic acids is 4. The molecular weight excluding hydrogens is 2280 g/mol. The maximum atomic E-state index is 14.5. The van der Waals surface area contributed by atoms with E-state index in [9.17, 15) is 82.3 Å². The molecule has 0 bridgehead atoms. The van der Waals surface area contributed by atoms with Crippen molar-refractivity contribution in [3.63, 3.8) is 0 Å². The number of esters is 4. The molecule has 0 aliphatic carbocycles. The molecule has 16 rings (SSSR count). The van der Waals surface area contributed by atoms with E-state index in [1.807, 2.05) is 0 Å². The van der Waals surface area contributed by atoms with E-state index >= 15 is 0 Å². The standard InChI is InChI=1S/C24H24BrF3N4O4S2.C24H25BrF2N4O5S.C24H24ClF3N4O4S2.C24H25ClF2N4O5S/c1-2-36-23(35)19-17(9-32-12-24(27,28)8-14(32)10-37-11-18(33)34)30-21(22-29-5-6-38-22)31-20(19)15-4-3-13(26)7-16(15)25;1-2-36-24(34)20-18(10-31-9-14(27)7-15(31)11-35-12-19(32)33)29-22(23-28-5-6-37-23)30-21(20)16-4-3-13(26)8-17(16)25;1-2-36-23(35)19-17(9-32-12-24(27,28)8-14(32)10-37-11-18(33)34)30-21(22-29-5-6-38-22)31-20(19)15-4-3-13(26)7-16(15)25;1-2-36-24(34)20-18(10-31-9-14(27)7-15(31)11-35-12-19(32)33)29-22(23-28-5-6-37-23)30-21(20)16-4-3-13(26)8-17(16)25/h3-7,14,20H,2,8-12H2,1H3,(H,30,31)(H,33,34);3-6,8,14-15,21H,2,7,9-12H2,1H3,(H,29,30)(H,32,33);3-7,14,20H,2,8-12H2,1H3,(H,30,31)(H,33,34);3-6,8,14-15,21H,2,7,9-12H2,1H3,(H,29,30)(H,32,33)/t14?,20-;14?,15?,21-;14?,20-;14?,15?,21-/m0000/s1. The summed E-state index contributed by atoms with van der Waals surface area (Å²) in [6.07, 6.45) is 3.57. The first-order valence-electron chi connectivity index (χ1n) is 46.3. The molecule has 4 aromatic heterocycles. The second-order valence-corrected chi connectivity index (χ2v) is 42.4. The van der Waals surface area contributed by atoms with Gasteiger partial charge in [0.15, 0.2) is 43.4 Å². The maximum absolute atomic E-state index is 14.5. The molecule has 4 saturated heterocycles. The van der Waals surface area contributed by atoms with E-state index in [1.54, 1.807) is 89.9 Å². The number of benzene rings is 4. The van der Waals surface area contributed by atoms with Crippen LogP contribution in [0.15, 0.2) is 193 Å². The van der Waals surface area contributed by atoms with Crippen LogP contribution in [0.25, 0.3) is 0 Å². The molecule has 4 fully saturated rings. The van der Waals surface area contributed by atoms with E-state index < -0.39 is 183 Å². The Morgan fingerprint density at radius 3 is 0.960 bits per heavy atom. The number of carboxylic acids is 4. The van der Waals surface area contributed by atoms with Crippen LogP contribution in [0, 0.1) is 23.3 Å². The number of halogens is 14. The number of ether oxygens (including phenoxy) is 6. The number of aliphatic imine (C=N–C) groups is 4. The lowest BCUT2D eigenvalue weighted by atomic mass is 9.95. The van der Waals surface area contributed by atoms with Crippen LogP contribution in [-0.4, -0.2) is 308 Å². The SMILES string of the molecule is CCOC(=O)C1=C(CN2CC(F)(F)CC2CSCC(=O)O)NC(c2nccs2)=N[C@H]1c1ccc(F)cc1Br.CCOC(=O)C1=C(CN2CC(F)(F)CC2CSCC(=O)O)NC(c2nccs2)=N[C@H]1c1ccc(F)cc1Cl.CCOC(=O)C1=C(CN2CC(F)CC2COCC(=O)O)NC(c2nccs2)=N[C@H]1c1ccc(F)cc1Br.CCOC(=O)C1=C(CN2CC(F)CC2COCC(=O)O)NC(c2nccs2)=N[C@H]1c1ccc(F)cc1Cl. The minimum absolute atomic E-state index is 0.00931. The van der Waals surface area contributed by atoms with Gasteiger partial charge in [0.25, 0.3) is 11.8 Å². The Kier molecular flexibility index (Phi) is 42.1. The number of hydrogen-bond acceptors (Lipinski definition) is 36. The summed E-state index contributed by atoms with van der Waals surface area (Å²) < 4.78 is 175. The number of aromatic nitrogens is 4. The fourth-order valence-corrected chi connectivity index (χ4v) is 23.2. The van der Waals surface area contributed by atoms with Crippen molar-refractivity contribution in [3.05, 3.63) is 249 Å². The molecule has 54 heteroatoms. The van der Waals surface area contributed by atoms with E-state index in [4.69, 9.17) is 87.0 Å². The second kappa shape index (κ2) is 54.2. The van der Waals surface area contributed by atoms with Gasteiger partial charge < -0.3 is 70.1 Å². The van der Waals surface area contributed by atoms with Crippen LogP contribution in [-0.2, 0) is 66.8 Å². The smallest absolute Gasteiger partial charge is 0.338 e. The number of nitrogens with one attached hydrogen (secondary N) is 4. The number of carboxylic acid groups (broad SMARTS) is 4. The zero-order valence-corrected chi connectivity index (χ0v) is 89.5. The minimum atomic E-state index is -2.99. The topological polar surface area (TPSA) is 435 Å². The Bertz CT molecular complexity index is 6080. The average molecular weight is 2380 g/mol. The van der Waals surface area contributed by atoms with Crippen molar-refractivity contribution < 1.29 is 131 Å². The summed E-state index contributed by atoms with van der Waals surface area (Å²) in [5.74, 6) is -13.6. The molecule has 0 saturated carbocycles. The van der Waals surface area contributed by atoms with Crippen molar-refractivity contribution in [3.8, 4) is 0 Å². The van der Waals surface area contributed by atoms with E-state index in [-0.39, 0.29) is 153 Å². The van der Waals surface area contributed by atoms with Crippen molar-refractivity contribution in [1.82, 2.24) is 60.8 Å². The largest absolute Gasteiger partial charge is 0.481 e. The summed E-state index contributed by atoms with van der Waals surface area (Å²) in [6, 6.07) is 9.90. The van der Waals surface area contributed by atoms with Crippen molar-refractivity contribution in [2.75, 3.05) is 128 Å². The van der Waals surface area contributed by atoms with Crippen LogP contribution in [0.4, 0.5) is 43.9 Å². The fraction of sp³-hybridized carbons (Fsp3) is 0.417. The van der Waals surface area contributed by atoms with Gasteiger partial charge in [-0.15, -0.1) is 68.9 Å². The summed E-state index contributed by atoms with van der Waals surface area (Å²) >= 11 is 26.9. The molecule has 4 aromatic carbocycles. The summed E-state index contributed by atoms with van der Waals surface area (Å²) in [6.45, 7) is 5.11. The van der Waals surface area contributed by atoms with Gasteiger partial charge in [-0.3, -0.25) is 49.2 Å². The van der Waals surface area contributed by atoms with E-state index in [2.05, 4.69) is 78.1 Å². The van der Waals surface area contributed by atoms with E-state index in [0.29, 0.717) is 91.7 Å². The number of thiazole rings is 4. The number of hydrogen-bond donors (Lipinski definition) is 8. The van der Waals surface area contributed by atoms with E-state index in [0.717, 1.165) is 35.7 Å². The van der Waals surface area contributed by atoms with Gasteiger partial charge in [0, 0.05) is 187 Å². The number of rotatable bonds is 40. The van der Waals surface area contributed by atoms with Crippen molar-refractivity contribution in [2.45, 2.75) is 126 Å². The van der Waals surface area contributed by atoms with Gasteiger partial charge >= 0.3 is 47.8 Å². The van der Waals surface area contributed by atoms with Gasteiger partial charge in [-0.25, -0.2) is 92.6 Å². The zero-order valence-electron chi connectivity index (χ0n) is 79.9. The third-order valence-corrected chi connectivity index (χ3v) is 30.9. The predicted molar refractivity (Wildman–Crippen MR) is 550 cm³/mol. The molecule has 8 aliphatic rings. The highest BCUT2D eigenvalue weighted by Crippen LogP contribution is 2.46. The van der Waals surface area contributed by atoms with Crippen LogP contribution in [0.2, 0.25) is 10.0 Å². The van der Waals surface area contributed by atoms with Crippen LogP contribution < -0.4 is 21.3 Å². The van der Waals surface area contributed by atoms with Crippen LogP contribution in [0.3, 0.4) is 0 Å². The number of amidine groups is 4. The third-order valence-electron chi connectivity index (χ3n) is 23.6. The van der Waals surface area contributed by atoms with E-state index in [1.165, 1.54) is 110 Å². The first kappa shape index (κ1) is 116. The molecule has 0 radical (unpaired) electrons. The molecule has 6 unspecified atom stereocenters. The molecule has 0 amide bonds. The summed E-state index contributed by atoms with van der Waals surface area (Å²) in [4.78, 5) is 139. The highest BCUT2D eigenvalue weighted by Gasteiger charge is 2.50. The summed E-state index contributed by atoms with van der Waals surface area (Å²) in [5.41, 5.74) is 3.75. The molecule has 0 spiro atoms. The quantitative estimate of drug-likeness (QED) is 0.0100. The first-order valence-corrected chi connectivity index (χ1v) is 54.4. The Hall–Kier alpha value is -10.7. The normalized spacial score (nSPS) is 21.6. The summed E-state index contributed by atoms with van der Waals surface area (Å²) in [7, 11) is 0. The molecule has 12 heterocycles. The van der Waals surface area contributed by atoms with Gasteiger partial charge in [0.2, 0.25) is 0 Å². The molecule has 8 N–H and O–H groups in total. The van der Waals surface area contributed by atoms with Gasteiger partial charge in [0.05, 0.1) is 86.5 Å². The number of thioether (sulfide) groups is 2. The number of nitrogens with zero attached hydrogens (tertiary/aromatic N) is 12. The van der Waals surface area contributed by atoms with Gasteiger partial charge in [0.1, 0.15) is 73.0 Å². The third kappa shape index (κ3) is 31.3. The Morgan fingerprint density at radius 1 is 0.420 bits per heavy atom. The molecular formula is C96H98Br2Cl2F10N16O18S6. The van der Waals surface area contributed by atoms with Crippen LogP contribution in [0.5, 0.6) is 0 Å². The number of alkyl halides is 6. The zero-order chi connectivity index (χ0) is 108. The van der Waals surface area contributed by atoms with Crippen LogP contribution >= 0.6 is 124 Å². The van der Waals surface area contributed by atoms with Gasteiger partial charge in [-0.2, -0.15) is 0 Å². The highest BCUT2D eigenvalue weighted by atomic mass is 79.9. The Balaban J connectivity index is 0.000000167. The monoisotopic (exact) mass is 2370 g/mol. The first-order chi connectivity index (χ1) is 71.7. The van der Waals surface area contributed by atoms with Crippen molar-refractivity contribution in [2.24, 2.45) is 20.0 Å². The minimum Gasteiger partial charge on any atom is -0.481 e. The lowest BCUT2D eigenvalue weighted by Gasteiger charge is -2.31. The molecule has 10 atom stereocenters. The number of carbonyl (C=O) groups excluding carboxylic acids is 4. The van der Waals surface area contributed by atoms with Crippen molar-refractivity contribution >= 4 is 195 Å². The Labute approximate surface area is 903 Å². The second-order valence-electron chi connectivity index (χ2n) is 34.2. The predicted octanol–water partition coefficient (Wildman–Crippen LogP) is 15.7. The van der Waals surface area contributed by atoms with Crippen LogP contribution in [0.1, 0.15) is 120 Å². The number of likely N-dealkylation sites (tertiary alicyclic amines) is 4. The lowest BCUT2D eigenvalue weighted by molar-refractivity contribution is -0.143. The number of carbonyl (C=O) groups is 8. The maximum Gasteiger partial charge on any atom is 0.338 e. The van der Waals surface area contributed by atoms with Gasteiger partial charge in [-0.05, 0) is 100 Å². The lowest BCUT2D eigenvalue weighted by Crippen LogP contribution is -2.42. The molecule has 804 valence electrons. The molecule has 8 aromatic rings. The van der Waals surface area contributed by atoms with Crippen molar-refractivity contribution in [1.29, 1.82) is 0 Å². The molecule has 34 nitrogen and oxygen atoms in total. The molecule has 8 aliphatic heterocycles.